The zero-order valence-electron chi connectivity index (χ0n) is 23.1. The number of nitrogens with one attached hydrogen (secondary N) is 2. The largest absolute Gasteiger partial charge is 0.508 e. The number of carbonyl (C=O) groups excluding carboxylic acids is 3. The van der Waals surface area contributed by atoms with Crippen molar-refractivity contribution in [2.75, 3.05) is 33.1 Å². The third-order valence-electron chi connectivity index (χ3n) is 7.84. The molecule has 5 rings (SSSR count). The SMILES string of the molecule is CN(C)c1ccc(O)c2c1C[C@H]1C[C@@H]3[C@H](N(C)C)C(=O)C(C(N)=O)=C(O)[C@@]3(O)C(=O)C1=C2O.O=c1[nH]cc(F)c(=O)[nH]1. The van der Waals surface area contributed by atoms with Crippen LogP contribution in [-0.2, 0) is 20.8 Å². The molecular formula is C27H30FN5O9. The fourth-order valence-electron chi connectivity index (χ4n) is 6.04. The number of Topliss-reactive ketones (excluding diaryl/α,β-unsaturated/α-hetero) is 2. The van der Waals surface area contributed by atoms with Gasteiger partial charge in [0.15, 0.2) is 11.4 Å². The summed E-state index contributed by atoms with van der Waals surface area (Å²) in [5.41, 5.74) is 1.44. The van der Waals surface area contributed by atoms with E-state index in [-0.39, 0.29) is 29.7 Å². The number of phenolic OH excluding ortho intramolecular Hbond substituents is 1. The van der Waals surface area contributed by atoms with Crippen molar-refractivity contribution in [3.63, 3.8) is 0 Å². The van der Waals surface area contributed by atoms with Crippen LogP contribution < -0.4 is 21.9 Å². The third kappa shape index (κ3) is 4.55. The second-order valence-electron chi connectivity index (χ2n) is 10.7. The lowest BCUT2D eigenvalue weighted by molar-refractivity contribution is -0.153. The molecule has 0 radical (unpaired) electrons. The monoisotopic (exact) mass is 587 g/mol. The first-order valence-electron chi connectivity index (χ1n) is 12.7. The number of nitrogens with zero attached hydrogens (tertiary/aromatic N) is 2. The molecule has 1 saturated carbocycles. The summed E-state index contributed by atoms with van der Waals surface area (Å²) in [5, 5.41) is 43.9. The number of nitrogens with two attached hydrogens (primary N) is 1. The Kier molecular flexibility index (Phi) is 7.60. The smallest absolute Gasteiger partial charge is 0.325 e. The minimum Gasteiger partial charge on any atom is -0.508 e. The summed E-state index contributed by atoms with van der Waals surface area (Å²) in [6.07, 6.45) is 1.03. The number of ketones is 2. The van der Waals surface area contributed by atoms with Gasteiger partial charge < -0.3 is 36.0 Å². The van der Waals surface area contributed by atoms with E-state index in [1.165, 1.54) is 11.0 Å². The van der Waals surface area contributed by atoms with E-state index in [2.05, 4.69) is 0 Å². The molecule has 3 aliphatic carbocycles. The molecule has 15 heteroatoms. The van der Waals surface area contributed by atoms with E-state index in [9.17, 15) is 48.8 Å². The number of aromatic nitrogens is 2. The number of aromatic hydroxyl groups is 1. The molecule has 1 fully saturated rings. The van der Waals surface area contributed by atoms with Crippen molar-refractivity contribution >= 4 is 28.9 Å². The van der Waals surface area contributed by atoms with Gasteiger partial charge in [-0.2, -0.15) is 4.39 Å². The van der Waals surface area contributed by atoms with E-state index in [4.69, 9.17) is 5.73 Å². The fraction of sp³-hybridized carbons (Fsp3) is 0.370. The van der Waals surface area contributed by atoms with Gasteiger partial charge in [0.2, 0.25) is 11.6 Å². The van der Waals surface area contributed by atoms with Gasteiger partial charge in [0.05, 0.1) is 11.6 Å². The number of fused-ring (bicyclic) bond motifs is 3. The molecule has 224 valence electrons. The van der Waals surface area contributed by atoms with Gasteiger partial charge in [-0.15, -0.1) is 0 Å². The van der Waals surface area contributed by atoms with Crippen LogP contribution in [0.25, 0.3) is 5.76 Å². The highest BCUT2D eigenvalue weighted by atomic mass is 19.1. The number of aliphatic hydroxyl groups is 3. The summed E-state index contributed by atoms with van der Waals surface area (Å²) in [7, 11) is 6.75. The molecule has 0 unspecified atom stereocenters. The number of rotatable bonds is 3. The average Bonchev–Trinajstić information content (AvgIpc) is 2.88. The number of hydrogen-bond donors (Lipinski definition) is 7. The van der Waals surface area contributed by atoms with Gasteiger partial charge in [0.1, 0.15) is 22.8 Å². The standard InChI is InChI=1S/C23H27N3O7.C4H3FN2O2/c1-25(2)12-5-6-13(27)15-10(12)7-9-8-11-17(26(3)4)19(29)16(22(24)32)21(31)23(11,33)20(30)14(9)18(15)28;5-2-1-6-4(9)7-3(2)8/h5-6,9,11,17,27-28,31,33H,7-8H2,1-4H3,(H2,24,32);1H,(H2,6,7,8,9)/t9-,11+,17-,23-;/m0./s1. The van der Waals surface area contributed by atoms with Crippen LogP contribution in [0.1, 0.15) is 17.5 Å². The van der Waals surface area contributed by atoms with Crippen molar-refractivity contribution in [1.29, 1.82) is 0 Å². The van der Waals surface area contributed by atoms with Crippen LogP contribution in [0, 0.1) is 17.7 Å². The first-order valence-corrected chi connectivity index (χ1v) is 12.7. The molecule has 1 aromatic heterocycles. The zero-order valence-corrected chi connectivity index (χ0v) is 23.1. The molecule has 0 bridgehead atoms. The number of primary amides is 1. The fourth-order valence-corrected chi connectivity index (χ4v) is 6.04. The summed E-state index contributed by atoms with van der Waals surface area (Å²) in [6, 6.07) is 2.01. The van der Waals surface area contributed by atoms with E-state index < -0.39 is 75.1 Å². The Labute approximate surface area is 237 Å². The zero-order chi connectivity index (χ0) is 31.4. The number of aliphatic hydroxyl groups excluding tert-OH is 2. The molecule has 4 atom stereocenters. The highest BCUT2D eigenvalue weighted by molar-refractivity contribution is 6.24. The normalized spacial score (nSPS) is 24.9. The Balaban J connectivity index is 0.000000385. The lowest BCUT2D eigenvalue weighted by Gasteiger charge is -2.50. The number of anilines is 1. The minimum atomic E-state index is -2.63. The van der Waals surface area contributed by atoms with Crippen molar-refractivity contribution in [2.24, 2.45) is 17.6 Å². The number of hydrogen-bond acceptors (Lipinski definition) is 11. The van der Waals surface area contributed by atoms with Crippen LogP contribution in [0.3, 0.4) is 0 Å². The predicted molar refractivity (Wildman–Crippen MR) is 146 cm³/mol. The van der Waals surface area contributed by atoms with Gasteiger partial charge >= 0.3 is 5.69 Å². The van der Waals surface area contributed by atoms with Crippen molar-refractivity contribution in [1.82, 2.24) is 14.9 Å². The first kappa shape index (κ1) is 30.2. The molecule has 1 heterocycles. The average molecular weight is 588 g/mol. The number of H-pyrrole nitrogens is 2. The highest BCUT2D eigenvalue weighted by Gasteiger charge is 2.64. The van der Waals surface area contributed by atoms with Gasteiger partial charge in [0, 0.05) is 37.5 Å². The molecule has 8 N–H and O–H groups in total. The van der Waals surface area contributed by atoms with Crippen LogP contribution >= 0.6 is 0 Å². The van der Waals surface area contributed by atoms with Crippen molar-refractivity contribution in [3.05, 3.63) is 73.0 Å². The molecule has 14 nitrogen and oxygen atoms in total. The summed E-state index contributed by atoms with van der Waals surface area (Å²) < 4.78 is 12.0. The molecule has 1 amide bonds. The maximum atomic E-state index is 13.7. The van der Waals surface area contributed by atoms with E-state index >= 15 is 0 Å². The van der Waals surface area contributed by atoms with Gasteiger partial charge in [0.25, 0.3) is 11.5 Å². The number of aromatic amines is 2. The highest BCUT2D eigenvalue weighted by Crippen LogP contribution is 2.53. The van der Waals surface area contributed by atoms with Crippen LogP contribution in [0.5, 0.6) is 5.75 Å². The van der Waals surface area contributed by atoms with Crippen LogP contribution in [0.15, 0.2) is 44.8 Å². The topological polar surface area (TPSA) is 230 Å². The Bertz CT molecular complexity index is 1690. The number of carbonyl (C=O) groups is 3. The predicted octanol–water partition coefficient (Wildman–Crippen LogP) is -0.768. The molecule has 42 heavy (non-hydrogen) atoms. The number of halogens is 1. The maximum Gasteiger partial charge on any atom is 0.325 e. The number of phenols is 1. The van der Waals surface area contributed by atoms with Crippen molar-refractivity contribution in [2.45, 2.75) is 24.5 Å². The summed E-state index contributed by atoms with van der Waals surface area (Å²) >= 11 is 0. The van der Waals surface area contributed by atoms with E-state index in [0.29, 0.717) is 11.8 Å². The number of amides is 1. The van der Waals surface area contributed by atoms with Crippen LogP contribution in [-0.4, -0.2) is 92.6 Å². The van der Waals surface area contributed by atoms with Gasteiger partial charge in [-0.05, 0) is 50.6 Å². The Morgan fingerprint density at radius 1 is 1.10 bits per heavy atom. The van der Waals surface area contributed by atoms with Crippen LogP contribution in [0.2, 0.25) is 0 Å². The number of benzene rings is 1. The molecule has 0 aliphatic heterocycles. The van der Waals surface area contributed by atoms with E-state index in [1.807, 2.05) is 24.0 Å². The Hall–Kier alpha value is -4.76. The quantitative estimate of drug-likeness (QED) is 0.221. The Morgan fingerprint density at radius 2 is 1.74 bits per heavy atom. The minimum absolute atomic E-state index is 0.0638. The van der Waals surface area contributed by atoms with Crippen molar-refractivity contribution < 1.29 is 39.2 Å². The lowest BCUT2D eigenvalue weighted by Crippen LogP contribution is -2.65. The Morgan fingerprint density at radius 3 is 2.26 bits per heavy atom. The van der Waals surface area contributed by atoms with Crippen molar-refractivity contribution in [3.8, 4) is 5.75 Å². The van der Waals surface area contributed by atoms with Gasteiger partial charge in [-0.1, -0.05) is 0 Å². The molecule has 1 aromatic carbocycles. The molecular weight excluding hydrogens is 557 g/mol. The maximum absolute atomic E-state index is 13.7. The molecule has 0 spiro atoms. The van der Waals surface area contributed by atoms with Crippen LogP contribution in [0.4, 0.5) is 10.1 Å². The first-order chi connectivity index (χ1) is 19.5. The number of likely N-dealkylation sites (N-methyl/N-ethyl adjacent to an activating group) is 1. The van der Waals surface area contributed by atoms with E-state index in [0.717, 1.165) is 5.69 Å². The molecule has 3 aliphatic rings. The van der Waals surface area contributed by atoms with Gasteiger partial charge in [-0.3, -0.25) is 29.1 Å². The second kappa shape index (κ2) is 10.6. The lowest BCUT2D eigenvalue weighted by atomic mass is 9.57. The molecule has 2 aromatic rings. The summed E-state index contributed by atoms with van der Waals surface area (Å²) in [4.78, 5) is 66.0. The summed E-state index contributed by atoms with van der Waals surface area (Å²) in [6.45, 7) is 0. The van der Waals surface area contributed by atoms with E-state index in [1.54, 1.807) is 25.1 Å². The third-order valence-corrected chi connectivity index (χ3v) is 7.84. The second-order valence-corrected chi connectivity index (χ2v) is 10.7. The van der Waals surface area contributed by atoms with Gasteiger partial charge in [-0.25, -0.2) is 4.79 Å². The molecule has 0 saturated heterocycles. The summed E-state index contributed by atoms with van der Waals surface area (Å²) in [5.74, 6) is -7.53.